The molecule has 1 aromatic rings. The maximum absolute atomic E-state index is 10.8. The van der Waals surface area contributed by atoms with Crippen LogP contribution in [0.25, 0.3) is 0 Å². The van der Waals surface area contributed by atoms with Crippen LogP contribution in [-0.2, 0) is 4.74 Å². The van der Waals surface area contributed by atoms with Crippen molar-refractivity contribution in [1.82, 2.24) is 4.98 Å². The summed E-state index contributed by atoms with van der Waals surface area (Å²) in [6.07, 6.45) is -0.0290. The van der Waals surface area contributed by atoms with Gasteiger partial charge in [0.05, 0.1) is 12.7 Å². The first-order valence-corrected chi connectivity index (χ1v) is 5.88. The molecule has 0 aromatic carbocycles. The number of aliphatic hydroxyl groups is 1. The highest BCUT2D eigenvalue weighted by Gasteiger charge is 2.10. The van der Waals surface area contributed by atoms with E-state index in [4.69, 9.17) is 9.47 Å². The van der Waals surface area contributed by atoms with Gasteiger partial charge in [-0.2, -0.15) is 0 Å². The number of hydrogen-bond acceptors (Lipinski definition) is 5. The number of ether oxygens (including phenoxy) is 2. The lowest BCUT2D eigenvalue weighted by Crippen LogP contribution is -2.25. The Labute approximate surface area is 107 Å². The number of aldehydes is 1. The van der Waals surface area contributed by atoms with Gasteiger partial charge in [-0.25, -0.2) is 4.98 Å². The van der Waals surface area contributed by atoms with Crippen LogP contribution in [0.2, 0.25) is 0 Å². The molecular formula is C13H19NO4. The van der Waals surface area contributed by atoms with E-state index in [9.17, 15) is 9.90 Å². The van der Waals surface area contributed by atoms with Crippen LogP contribution in [0.3, 0.4) is 0 Å². The molecule has 0 spiro atoms. The number of rotatable bonds is 7. The van der Waals surface area contributed by atoms with Gasteiger partial charge in [0.25, 0.3) is 0 Å². The second-order valence-electron chi connectivity index (χ2n) is 4.30. The Bertz CT molecular complexity index is 393. The molecule has 0 aliphatic rings. The van der Waals surface area contributed by atoms with Crippen LogP contribution in [0.15, 0.2) is 12.1 Å². The number of aliphatic hydroxyl groups excluding tert-OH is 1. The van der Waals surface area contributed by atoms with Crippen molar-refractivity contribution >= 4 is 6.29 Å². The molecule has 1 N–H and O–H groups in total. The fraction of sp³-hybridized carbons (Fsp3) is 0.538. The van der Waals surface area contributed by atoms with Crippen LogP contribution >= 0.6 is 0 Å². The minimum absolute atomic E-state index is 0.0613. The monoisotopic (exact) mass is 253 g/mol. The average molecular weight is 253 g/mol. The molecule has 0 fully saturated rings. The van der Waals surface area contributed by atoms with Gasteiger partial charge in [0, 0.05) is 5.69 Å². The lowest BCUT2D eigenvalue weighted by molar-refractivity contribution is -0.0124. The van der Waals surface area contributed by atoms with E-state index >= 15 is 0 Å². The molecule has 0 amide bonds. The molecule has 1 unspecified atom stereocenters. The summed E-state index contributed by atoms with van der Waals surface area (Å²) < 4.78 is 10.6. The first kappa shape index (κ1) is 14.6. The Morgan fingerprint density at radius 2 is 2.11 bits per heavy atom. The van der Waals surface area contributed by atoms with Gasteiger partial charge < -0.3 is 14.6 Å². The van der Waals surface area contributed by atoms with Crippen LogP contribution in [0, 0.1) is 6.92 Å². The van der Waals surface area contributed by atoms with Gasteiger partial charge >= 0.3 is 0 Å². The number of carbonyl (C=O) groups is 1. The summed E-state index contributed by atoms with van der Waals surface area (Å²) in [6, 6.07) is 3.42. The van der Waals surface area contributed by atoms with Gasteiger partial charge in [-0.15, -0.1) is 0 Å². The highest BCUT2D eigenvalue weighted by Crippen LogP contribution is 2.15. The van der Waals surface area contributed by atoms with Gasteiger partial charge in [0.15, 0.2) is 6.29 Å². The Morgan fingerprint density at radius 1 is 1.39 bits per heavy atom. The third kappa shape index (κ3) is 4.81. The molecular weight excluding hydrogens is 234 g/mol. The largest absolute Gasteiger partial charge is 0.488 e. The highest BCUT2D eigenvalue weighted by atomic mass is 16.5. The predicted molar refractivity (Wildman–Crippen MR) is 67.0 cm³/mol. The average Bonchev–Trinajstić information content (AvgIpc) is 2.34. The highest BCUT2D eigenvalue weighted by molar-refractivity contribution is 5.76. The van der Waals surface area contributed by atoms with Crippen molar-refractivity contribution in [2.75, 3.05) is 13.2 Å². The Kier molecular flexibility index (Phi) is 5.74. The summed E-state index contributed by atoms with van der Waals surface area (Å²) >= 11 is 0. The second-order valence-corrected chi connectivity index (χ2v) is 4.30. The Hall–Kier alpha value is -1.46. The van der Waals surface area contributed by atoms with E-state index in [-0.39, 0.29) is 25.0 Å². The van der Waals surface area contributed by atoms with Crippen molar-refractivity contribution in [3.8, 4) is 5.75 Å². The summed E-state index contributed by atoms with van der Waals surface area (Å²) in [7, 11) is 0. The van der Waals surface area contributed by atoms with Crippen molar-refractivity contribution in [2.24, 2.45) is 0 Å². The van der Waals surface area contributed by atoms with Gasteiger partial charge in [0.2, 0.25) is 0 Å². The van der Waals surface area contributed by atoms with Crippen molar-refractivity contribution in [2.45, 2.75) is 33.0 Å². The molecule has 0 aliphatic heterocycles. The standard InChI is InChI=1S/C13H19NO4/c1-9(2)17-7-11(16)8-18-13-5-4-10(3)14-12(13)6-15/h4-6,9,11,16H,7-8H2,1-3H3. The third-order valence-electron chi connectivity index (χ3n) is 2.19. The van der Waals surface area contributed by atoms with E-state index in [2.05, 4.69) is 4.98 Å². The molecule has 1 aromatic heterocycles. The normalized spacial score (nSPS) is 12.5. The predicted octanol–water partition coefficient (Wildman–Crippen LogP) is 1.37. The maximum atomic E-state index is 10.8. The minimum atomic E-state index is -0.729. The first-order valence-electron chi connectivity index (χ1n) is 5.88. The van der Waals surface area contributed by atoms with Gasteiger partial charge in [0.1, 0.15) is 24.2 Å². The molecule has 5 heteroatoms. The fourth-order valence-corrected chi connectivity index (χ4v) is 1.31. The van der Waals surface area contributed by atoms with Crippen LogP contribution in [0.5, 0.6) is 5.75 Å². The number of aryl methyl sites for hydroxylation is 1. The van der Waals surface area contributed by atoms with Gasteiger partial charge in [-0.05, 0) is 32.9 Å². The zero-order chi connectivity index (χ0) is 13.5. The van der Waals surface area contributed by atoms with Crippen molar-refractivity contribution < 1.29 is 19.4 Å². The molecule has 0 aliphatic carbocycles. The summed E-state index contributed by atoms with van der Waals surface area (Å²) in [4.78, 5) is 14.8. The number of hydrogen-bond donors (Lipinski definition) is 1. The molecule has 1 rings (SSSR count). The lowest BCUT2D eigenvalue weighted by atomic mass is 10.3. The molecule has 0 bridgehead atoms. The van der Waals surface area contributed by atoms with E-state index < -0.39 is 6.10 Å². The van der Waals surface area contributed by atoms with Crippen molar-refractivity contribution in [3.63, 3.8) is 0 Å². The number of carbonyl (C=O) groups excluding carboxylic acids is 1. The lowest BCUT2D eigenvalue weighted by Gasteiger charge is -2.15. The van der Waals surface area contributed by atoms with Crippen LogP contribution in [0.4, 0.5) is 0 Å². The molecule has 1 heterocycles. The van der Waals surface area contributed by atoms with Crippen molar-refractivity contribution in [1.29, 1.82) is 0 Å². The smallest absolute Gasteiger partial charge is 0.172 e. The zero-order valence-electron chi connectivity index (χ0n) is 10.9. The summed E-state index contributed by atoms with van der Waals surface area (Å²) in [6.45, 7) is 5.84. The quantitative estimate of drug-likeness (QED) is 0.743. The summed E-state index contributed by atoms with van der Waals surface area (Å²) in [5, 5.41) is 9.62. The topological polar surface area (TPSA) is 68.7 Å². The molecule has 0 saturated carbocycles. The molecule has 18 heavy (non-hydrogen) atoms. The second kappa shape index (κ2) is 7.08. The summed E-state index contributed by atoms with van der Waals surface area (Å²) in [5.74, 6) is 0.374. The zero-order valence-corrected chi connectivity index (χ0v) is 10.9. The van der Waals surface area contributed by atoms with Crippen molar-refractivity contribution in [3.05, 3.63) is 23.5 Å². The first-order chi connectivity index (χ1) is 8.52. The van der Waals surface area contributed by atoms with E-state index in [1.807, 2.05) is 13.8 Å². The molecule has 100 valence electrons. The van der Waals surface area contributed by atoms with Gasteiger partial charge in [-0.1, -0.05) is 0 Å². The van der Waals surface area contributed by atoms with Crippen LogP contribution in [0.1, 0.15) is 30.0 Å². The van der Waals surface area contributed by atoms with E-state index in [1.165, 1.54) is 0 Å². The SMILES string of the molecule is Cc1ccc(OCC(O)COC(C)C)c(C=O)n1. The Balaban J connectivity index is 2.50. The number of nitrogens with zero attached hydrogens (tertiary/aromatic N) is 1. The molecule has 0 radical (unpaired) electrons. The van der Waals surface area contributed by atoms with E-state index in [0.29, 0.717) is 12.0 Å². The Morgan fingerprint density at radius 3 is 2.72 bits per heavy atom. The van der Waals surface area contributed by atoms with Gasteiger partial charge in [-0.3, -0.25) is 4.79 Å². The summed E-state index contributed by atoms with van der Waals surface area (Å²) in [5.41, 5.74) is 0.986. The minimum Gasteiger partial charge on any atom is -0.488 e. The third-order valence-corrected chi connectivity index (χ3v) is 2.19. The van der Waals surface area contributed by atoms with Crippen LogP contribution < -0.4 is 4.74 Å². The number of aromatic nitrogens is 1. The van der Waals surface area contributed by atoms with Crippen LogP contribution in [-0.4, -0.2) is 41.8 Å². The maximum Gasteiger partial charge on any atom is 0.172 e. The molecule has 1 atom stereocenters. The molecule has 5 nitrogen and oxygen atoms in total. The number of pyridine rings is 1. The molecule has 0 saturated heterocycles. The fourth-order valence-electron chi connectivity index (χ4n) is 1.31. The van der Waals surface area contributed by atoms with E-state index in [1.54, 1.807) is 19.1 Å². The van der Waals surface area contributed by atoms with E-state index in [0.717, 1.165) is 5.69 Å².